The minimum atomic E-state index is -0.605. The fraction of sp³-hybridized carbons (Fsp3) is 0.222. The van der Waals surface area contributed by atoms with Gasteiger partial charge in [0.15, 0.2) is 0 Å². The molecule has 0 fully saturated rings. The number of imide groups is 1. The lowest BCUT2D eigenvalue weighted by atomic mass is 10.1. The molecule has 0 bridgehead atoms. The zero-order chi connectivity index (χ0) is 18.7. The molecule has 0 unspecified atom stereocenters. The highest BCUT2D eigenvalue weighted by Gasteiger charge is 2.26. The van der Waals surface area contributed by atoms with Gasteiger partial charge in [0.05, 0.1) is 0 Å². The number of thioether (sulfide) groups is 1. The van der Waals surface area contributed by atoms with Crippen LogP contribution in [0.5, 0.6) is 0 Å². The van der Waals surface area contributed by atoms with Crippen LogP contribution >= 0.6 is 23.1 Å². The average molecular weight is 387 g/mol. The number of carbonyl (C=O) groups excluding carboxylic acids is 2. The van der Waals surface area contributed by atoms with Gasteiger partial charge in [0.2, 0.25) is 5.91 Å². The minimum Gasteiger partial charge on any atom is -0.341 e. The molecule has 6 nitrogen and oxygen atoms in total. The molecule has 0 saturated heterocycles. The fourth-order valence-electron chi connectivity index (χ4n) is 2.49. The summed E-state index contributed by atoms with van der Waals surface area (Å²) in [5.41, 5.74) is 1.92. The second-order valence-electron chi connectivity index (χ2n) is 5.62. The number of thiophene rings is 1. The van der Waals surface area contributed by atoms with Crippen LogP contribution in [0.1, 0.15) is 21.3 Å². The first-order chi connectivity index (χ1) is 12.5. The number of aromatic nitrogens is 2. The van der Waals surface area contributed by atoms with E-state index in [0.717, 1.165) is 26.4 Å². The Morgan fingerprint density at radius 2 is 1.88 bits per heavy atom. The molecule has 0 radical (unpaired) electrons. The quantitative estimate of drug-likeness (QED) is 0.529. The summed E-state index contributed by atoms with van der Waals surface area (Å²) in [5.74, 6) is -0.392. The van der Waals surface area contributed by atoms with Crippen LogP contribution in [0.15, 0.2) is 41.7 Å². The Hall–Kier alpha value is -2.45. The van der Waals surface area contributed by atoms with Crippen LogP contribution in [0, 0.1) is 13.8 Å². The van der Waals surface area contributed by atoms with E-state index in [1.807, 2.05) is 44.2 Å². The Morgan fingerprint density at radius 1 is 1.15 bits per heavy atom. The summed E-state index contributed by atoms with van der Waals surface area (Å²) < 4.78 is 0. The van der Waals surface area contributed by atoms with Gasteiger partial charge < -0.3 is 5.32 Å². The molecule has 3 aromatic rings. The largest absolute Gasteiger partial charge is 0.341 e. The molecule has 0 saturated carbocycles. The molecule has 26 heavy (non-hydrogen) atoms. The van der Waals surface area contributed by atoms with Gasteiger partial charge in [-0.25, -0.2) is 14.8 Å². The van der Waals surface area contributed by atoms with Gasteiger partial charge in [0.25, 0.3) is 0 Å². The van der Waals surface area contributed by atoms with Crippen molar-refractivity contribution >= 4 is 45.3 Å². The van der Waals surface area contributed by atoms with E-state index in [4.69, 9.17) is 0 Å². The molecule has 0 aliphatic heterocycles. The van der Waals surface area contributed by atoms with Gasteiger partial charge in [0.1, 0.15) is 21.4 Å². The fourth-order valence-corrected chi connectivity index (χ4v) is 4.71. The summed E-state index contributed by atoms with van der Waals surface area (Å²) in [6.07, 6.45) is 1.51. The Balaban J connectivity index is 2.01. The Bertz CT molecular complexity index is 956. The first-order valence-electron chi connectivity index (χ1n) is 7.96. The van der Waals surface area contributed by atoms with Crippen molar-refractivity contribution in [2.75, 3.05) is 7.05 Å². The van der Waals surface area contributed by atoms with Crippen molar-refractivity contribution in [2.24, 2.45) is 0 Å². The van der Waals surface area contributed by atoms with Gasteiger partial charge in [-0.3, -0.25) is 10.1 Å². The highest BCUT2D eigenvalue weighted by Crippen LogP contribution is 2.40. The van der Waals surface area contributed by atoms with Crippen LogP contribution in [0.3, 0.4) is 0 Å². The van der Waals surface area contributed by atoms with E-state index in [1.165, 1.54) is 30.0 Å². The highest BCUT2D eigenvalue weighted by atomic mass is 32.2. The van der Waals surface area contributed by atoms with Crippen LogP contribution in [-0.2, 0) is 4.79 Å². The van der Waals surface area contributed by atoms with Crippen LogP contribution in [0.4, 0.5) is 4.79 Å². The minimum absolute atomic E-state index is 0.392. The first-order valence-corrected chi connectivity index (χ1v) is 9.65. The number of hydrogen-bond acceptors (Lipinski definition) is 6. The molecule has 1 atom stereocenters. The number of amides is 3. The van der Waals surface area contributed by atoms with Crippen molar-refractivity contribution in [3.8, 4) is 0 Å². The van der Waals surface area contributed by atoms with Crippen molar-refractivity contribution in [1.82, 2.24) is 20.6 Å². The standard InChI is InChI=1S/C18H18N4O2S2/c1-10-11(2)25-16-13(10)17(21-9-20-16)26-14(12-7-5-4-6-8-12)15(23)22-18(24)19-3/h4-9,14H,1-3H3,(H2,19,22,23,24)/t14-/m0/s1. The lowest BCUT2D eigenvalue weighted by Gasteiger charge is -2.16. The van der Waals surface area contributed by atoms with Gasteiger partial charge in [-0.05, 0) is 25.0 Å². The number of carbonyl (C=O) groups is 2. The van der Waals surface area contributed by atoms with Crippen molar-refractivity contribution in [3.63, 3.8) is 0 Å². The molecule has 3 amide bonds. The van der Waals surface area contributed by atoms with Crippen LogP contribution in [0.25, 0.3) is 10.2 Å². The zero-order valence-electron chi connectivity index (χ0n) is 14.6. The Kier molecular flexibility index (Phi) is 5.53. The van der Waals surface area contributed by atoms with Crippen molar-refractivity contribution in [2.45, 2.75) is 24.1 Å². The third-order valence-electron chi connectivity index (χ3n) is 3.96. The maximum Gasteiger partial charge on any atom is 0.321 e. The molecule has 2 aromatic heterocycles. The monoisotopic (exact) mass is 386 g/mol. The number of urea groups is 1. The first kappa shape index (κ1) is 18.3. The molecule has 134 valence electrons. The molecule has 0 aliphatic carbocycles. The number of rotatable bonds is 4. The number of fused-ring (bicyclic) bond motifs is 1. The second-order valence-corrected chi connectivity index (χ2v) is 7.92. The molecule has 1 aromatic carbocycles. The third kappa shape index (κ3) is 3.71. The number of hydrogen-bond donors (Lipinski definition) is 2. The summed E-state index contributed by atoms with van der Waals surface area (Å²) in [4.78, 5) is 35.1. The highest BCUT2D eigenvalue weighted by molar-refractivity contribution is 8.00. The van der Waals surface area contributed by atoms with Crippen LogP contribution in [0.2, 0.25) is 0 Å². The van der Waals surface area contributed by atoms with E-state index in [1.54, 1.807) is 11.3 Å². The predicted molar refractivity (Wildman–Crippen MR) is 105 cm³/mol. The van der Waals surface area contributed by atoms with Crippen molar-refractivity contribution in [3.05, 3.63) is 52.7 Å². The summed E-state index contributed by atoms with van der Waals surface area (Å²) >= 11 is 2.93. The normalized spacial score (nSPS) is 12.0. The maximum absolute atomic E-state index is 12.7. The predicted octanol–water partition coefficient (Wildman–Crippen LogP) is 3.60. The summed E-state index contributed by atoms with van der Waals surface area (Å²) in [5, 5.41) is 5.86. The Labute approximate surface area is 159 Å². The van der Waals surface area contributed by atoms with E-state index in [0.29, 0.717) is 0 Å². The van der Waals surface area contributed by atoms with Crippen LogP contribution in [-0.4, -0.2) is 29.0 Å². The number of nitrogens with zero attached hydrogens (tertiary/aromatic N) is 2. The summed E-state index contributed by atoms with van der Waals surface area (Å²) in [6.45, 7) is 4.08. The molecule has 2 heterocycles. The lowest BCUT2D eigenvalue weighted by molar-refractivity contribution is -0.119. The smallest absolute Gasteiger partial charge is 0.321 e. The molecule has 3 rings (SSSR count). The zero-order valence-corrected chi connectivity index (χ0v) is 16.2. The van der Waals surface area contributed by atoms with Crippen molar-refractivity contribution in [1.29, 1.82) is 0 Å². The molecule has 2 N–H and O–H groups in total. The Morgan fingerprint density at radius 3 is 2.58 bits per heavy atom. The average Bonchev–Trinajstić information content (AvgIpc) is 2.95. The summed E-state index contributed by atoms with van der Waals surface area (Å²) in [7, 11) is 1.47. The molecule has 0 spiro atoms. The topological polar surface area (TPSA) is 84.0 Å². The van der Waals surface area contributed by atoms with Crippen LogP contribution < -0.4 is 10.6 Å². The SMILES string of the molecule is CNC(=O)NC(=O)[C@@H](Sc1ncnc2sc(C)c(C)c12)c1ccccc1. The van der Waals surface area contributed by atoms with E-state index in [-0.39, 0.29) is 0 Å². The molecular formula is C18H18N4O2S2. The summed E-state index contributed by atoms with van der Waals surface area (Å²) in [6, 6.07) is 8.82. The number of benzene rings is 1. The molecular weight excluding hydrogens is 368 g/mol. The van der Waals surface area contributed by atoms with E-state index in [2.05, 4.69) is 20.6 Å². The maximum atomic E-state index is 12.7. The number of aryl methyl sites for hydroxylation is 2. The van der Waals surface area contributed by atoms with Gasteiger partial charge in [-0.1, -0.05) is 42.1 Å². The number of nitrogens with one attached hydrogen (secondary N) is 2. The van der Waals surface area contributed by atoms with E-state index < -0.39 is 17.2 Å². The second kappa shape index (κ2) is 7.84. The third-order valence-corrected chi connectivity index (χ3v) is 6.33. The lowest BCUT2D eigenvalue weighted by Crippen LogP contribution is -2.39. The van der Waals surface area contributed by atoms with Gasteiger partial charge in [0, 0.05) is 17.3 Å². The van der Waals surface area contributed by atoms with E-state index in [9.17, 15) is 9.59 Å². The van der Waals surface area contributed by atoms with Gasteiger partial charge >= 0.3 is 6.03 Å². The van der Waals surface area contributed by atoms with Gasteiger partial charge in [-0.15, -0.1) is 11.3 Å². The van der Waals surface area contributed by atoms with Crippen molar-refractivity contribution < 1.29 is 9.59 Å². The molecule has 0 aliphatic rings. The van der Waals surface area contributed by atoms with E-state index >= 15 is 0 Å². The van der Waals surface area contributed by atoms with Gasteiger partial charge in [-0.2, -0.15) is 0 Å². The molecule has 8 heteroatoms.